The lowest BCUT2D eigenvalue weighted by Gasteiger charge is -2.28. The topological polar surface area (TPSA) is 15.3 Å². The average Bonchev–Trinajstić information content (AvgIpc) is 2.82. The molecule has 0 aromatic heterocycles. The molecule has 0 spiro atoms. The van der Waals surface area contributed by atoms with E-state index in [9.17, 15) is 0 Å². The van der Waals surface area contributed by atoms with E-state index in [1.54, 1.807) is 0 Å². The second-order valence-electron chi connectivity index (χ2n) is 4.75. The van der Waals surface area contributed by atoms with E-state index >= 15 is 0 Å². The third-order valence-electron chi connectivity index (χ3n) is 3.34. The number of rotatable bonds is 5. The first-order valence-corrected chi connectivity index (χ1v) is 7.28. The number of nitrogens with one attached hydrogen (secondary N) is 1. The zero-order chi connectivity index (χ0) is 12.1. The third kappa shape index (κ3) is 4.54. The van der Waals surface area contributed by atoms with Crippen LogP contribution in [0, 0.1) is 0 Å². The molecule has 0 radical (unpaired) electrons. The lowest BCUT2D eigenvalue weighted by molar-refractivity contribution is 0.199. The predicted molar refractivity (Wildman–Crippen MR) is 83.4 cm³/mol. The molecule has 1 aliphatic rings. The third-order valence-corrected chi connectivity index (χ3v) is 3.83. The summed E-state index contributed by atoms with van der Waals surface area (Å²) in [6.45, 7) is 6.84. The van der Waals surface area contributed by atoms with Gasteiger partial charge in [0.05, 0.1) is 0 Å². The molecular weight excluding hydrogens is 312 g/mol. The Hall–Kier alpha value is -0.0900. The lowest BCUT2D eigenvalue weighted by atomic mass is 10.1. The Bertz CT molecular complexity index is 353. The van der Waals surface area contributed by atoms with Crippen molar-refractivity contribution >= 4 is 28.3 Å². The first-order chi connectivity index (χ1) is 8.29. The van der Waals surface area contributed by atoms with Crippen molar-refractivity contribution in [1.82, 2.24) is 10.2 Å². The van der Waals surface area contributed by atoms with Crippen LogP contribution in [0.1, 0.15) is 25.3 Å². The Balaban J connectivity index is 0.00000162. The number of nitrogens with zero attached hydrogens (tertiary/aromatic N) is 1. The first-order valence-electron chi connectivity index (χ1n) is 6.49. The molecular formula is C14H22BrClN2. The van der Waals surface area contributed by atoms with Crippen LogP contribution in [0.5, 0.6) is 0 Å². The van der Waals surface area contributed by atoms with Crippen molar-refractivity contribution in [3.05, 3.63) is 34.3 Å². The largest absolute Gasteiger partial charge is 0.315 e. The van der Waals surface area contributed by atoms with Gasteiger partial charge in [0, 0.05) is 23.6 Å². The number of hydrogen-bond acceptors (Lipinski definition) is 2. The lowest BCUT2D eigenvalue weighted by Crippen LogP contribution is -2.36. The van der Waals surface area contributed by atoms with Gasteiger partial charge in [-0.25, -0.2) is 0 Å². The number of benzene rings is 1. The van der Waals surface area contributed by atoms with Crippen LogP contribution in [0.4, 0.5) is 0 Å². The molecule has 1 aromatic carbocycles. The van der Waals surface area contributed by atoms with Crippen molar-refractivity contribution < 1.29 is 0 Å². The van der Waals surface area contributed by atoms with Gasteiger partial charge in [-0.15, -0.1) is 12.4 Å². The summed E-state index contributed by atoms with van der Waals surface area (Å²) in [6, 6.07) is 9.37. The van der Waals surface area contributed by atoms with Crippen molar-refractivity contribution in [2.75, 3.05) is 19.6 Å². The molecule has 2 nitrogen and oxygen atoms in total. The van der Waals surface area contributed by atoms with Crippen LogP contribution in [0.15, 0.2) is 28.7 Å². The van der Waals surface area contributed by atoms with Crippen LogP contribution in [0.3, 0.4) is 0 Å². The maximum atomic E-state index is 3.54. The Morgan fingerprint density at radius 3 is 2.89 bits per heavy atom. The van der Waals surface area contributed by atoms with Gasteiger partial charge in [0.15, 0.2) is 0 Å². The van der Waals surface area contributed by atoms with E-state index < -0.39 is 0 Å². The summed E-state index contributed by atoms with van der Waals surface area (Å²) in [5, 5.41) is 3.46. The molecule has 0 bridgehead atoms. The zero-order valence-electron chi connectivity index (χ0n) is 10.9. The van der Waals surface area contributed by atoms with Gasteiger partial charge in [-0.1, -0.05) is 35.0 Å². The minimum absolute atomic E-state index is 0. The minimum atomic E-state index is 0. The molecule has 1 heterocycles. The van der Waals surface area contributed by atoms with E-state index in [-0.39, 0.29) is 12.4 Å². The fourth-order valence-electron chi connectivity index (χ4n) is 2.50. The summed E-state index contributed by atoms with van der Waals surface area (Å²) in [7, 11) is 0. The molecule has 0 aliphatic carbocycles. The summed E-state index contributed by atoms with van der Waals surface area (Å²) in [6.07, 6.45) is 2.51. The molecule has 1 aromatic rings. The molecule has 1 unspecified atom stereocenters. The fourth-order valence-corrected chi connectivity index (χ4v) is 2.95. The standard InChI is InChI=1S/C14H21BrN2.ClH/c1-2-8-17(14-6-7-16-10-14)11-12-4-3-5-13(15)9-12;/h3-5,9,14,16H,2,6-8,10-11H2,1H3;1H. The summed E-state index contributed by atoms with van der Waals surface area (Å²) >= 11 is 3.54. The highest BCUT2D eigenvalue weighted by Gasteiger charge is 2.21. The van der Waals surface area contributed by atoms with Gasteiger partial charge in [0.1, 0.15) is 0 Å². The van der Waals surface area contributed by atoms with Crippen LogP contribution < -0.4 is 5.32 Å². The summed E-state index contributed by atoms with van der Waals surface area (Å²) in [5.41, 5.74) is 1.40. The molecule has 18 heavy (non-hydrogen) atoms. The quantitative estimate of drug-likeness (QED) is 0.888. The van der Waals surface area contributed by atoms with Crippen LogP contribution in [0.25, 0.3) is 0 Å². The maximum absolute atomic E-state index is 3.54. The Labute approximate surface area is 125 Å². The molecule has 4 heteroatoms. The average molecular weight is 334 g/mol. The van der Waals surface area contributed by atoms with Crippen molar-refractivity contribution in [3.63, 3.8) is 0 Å². The molecule has 1 fully saturated rings. The zero-order valence-corrected chi connectivity index (χ0v) is 13.3. The molecule has 102 valence electrons. The van der Waals surface area contributed by atoms with Crippen molar-refractivity contribution in [2.45, 2.75) is 32.4 Å². The van der Waals surface area contributed by atoms with Gasteiger partial charge in [-0.3, -0.25) is 4.90 Å². The van der Waals surface area contributed by atoms with Crippen molar-refractivity contribution in [2.24, 2.45) is 0 Å². The van der Waals surface area contributed by atoms with Crippen LogP contribution in [-0.2, 0) is 6.54 Å². The van der Waals surface area contributed by atoms with E-state index in [0.29, 0.717) is 6.04 Å². The van der Waals surface area contributed by atoms with Gasteiger partial charge < -0.3 is 5.32 Å². The van der Waals surface area contributed by atoms with Gasteiger partial charge in [0.25, 0.3) is 0 Å². The van der Waals surface area contributed by atoms with Gasteiger partial charge >= 0.3 is 0 Å². The molecule has 1 saturated heterocycles. The van der Waals surface area contributed by atoms with Crippen LogP contribution in [-0.4, -0.2) is 30.6 Å². The molecule has 0 saturated carbocycles. The second-order valence-corrected chi connectivity index (χ2v) is 5.66. The Morgan fingerprint density at radius 2 is 2.28 bits per heavy atom. The highest BCUT2D eigenvalue weighted by atomic mass is 79.9. The number of halogens is 2. The summed E-state index contributed by atoms with van der Waals surface area (Å²) in [4.78, 5) is 2.61. The summed E-state index contributed by atoms with van der Waals surface area (Å²) in [5.74, 6) is 0. The van der Waals surface area contributed by atoms with E-state index in [1.807, 2.05) is 0 Å². The van der Waals surface area contributed by atoms with Gasteiger partial charge in [-0.2, -0.15) is 0 Å². The fraction of sp³-hybridized carbons (Fsp3) is 0.571. The van der Waals surface area contributed by atoms with E-state index in [2.05, 4.69) is 57.3 Å². The van der Waals surface area contributed by atoms with Crippen molar-refractivity contribution in [1.29, 1.82) is 0 Å². The van der Waals surface area contributed by atoms with E-state index in [1.165, 1.54) is 36.0 Å². The summed E-state index contributed by atoms with van der Waals surface area (Å²) < 4.78 is 1.18. The van der Waals surface area contributed by atoms with Gasteiger partial charge in [-0.05, 0) is 43.6 Å². The van der Waals surface area contributed by atoms with E-state index in [0.717, 1.165) is 13.1 Å². The van der Waals surface area contributed by atoms with E-state index in [4.69, 9.17) is 0 Å². The number of hydrogen-bond donors (Lipinski definition) is 1. The maximum Gasteiger partial charge on any atom is 0.0237 e. The predicted octanol–water partition coefficient (Wildman–Crippen LogP) is 3.44. The van der Waals surface area contributed by atoms with Crippen molar-refractivity contribution in [3.8, 4) is 0 Å². The SMILES string of the molecule is CCCN(Cc1cccc(Br)c1)C1CCNC1.Cl. The van der Waals surface area contributed by atoms with Gasteiger partial charge in [0.2, 0.25) is 0 Å². The monoisotopic (exact) mass is 332 g/mol. The Kier molecular flexibility index (Phi) is 7.23. The molecule has 2 rings (SSSR count). The first kappa shape index (κ1) is 16.0. The molecule has 0 amide bonds. The van der Waals surface area contributed by atoms with Crippen LogP contribution >= 0.6 is 28.3 Å². The highest BCUT2D eigenvalue weighted by molar-refractivity contribution is 9.10. The minimum Gasteiger partial charge on any atom is -0.315 e. The Morgan fingerprint density at radius 1 is 1.44 bits per heavy atom. The highest BCUT2D eigenvalue weighted by Crippen LogP contribution is 2.17. The normalized spacial score (nSPS) is 18.9. The second kappa shape index (κ2) is 8.16. The molecule has 1 aliphatic heterocycles. The smallest absolute Gasteiger partial charge is 0.0237 e. The molecule has 1 atom stereocenters. The molecule has 1 N–H and O–H groups in total. The van der Waals surface area contributed by atoms with Crippen LogP contribution in [0.2, 0.25) is 0 Å².